The second-order valence-corrected chi connectivity index (χ2v) is 7.33. The number of aryl methyl sites for hydroxylation is 2. The molecular weight excluding hydrogens is 355 g/mol. The lowest BCUT2D eigenvalue weighted by Gasteiger charge is -2.38. The molecule has 7 heteroatoms. The number of halogens is 1. The van der Waals surface area contributed by atoms with Gasteiger partial charge in [-0.25, -0.2) is 9.38 Å². The first-order valence-electron chi connectivity index (χ1n) is 9.56. The van der Waals surface area contributed by atoms with Gasteiger partial charge in [-0.2, -0.15) is 4.99 Å². The molecule has 2 heterocycles. The van der Waals surface area contributed by atoms with Crippen molar-refractivity contribution in [2.75, 3.05) is 23.3 Å². The highest BCUT2D eigenvalue weighted by Crippen LogP contribution is 2.26. The molecule has 2 aliphatic rings. The Labute approximate surface area is 164 Å². The highest BCUT2D eigenvalue weighted by molar-refractivity contribution is 6.06. The predicted octanol–water partition coefficient (Wildman–Crippen LogP) is 3.42. The molecule has 28 heavy (non-hydrogen) atoms. The van der Waals surface area contributed by atoms with Gasteiger partial charge in [-0.1, -0.05) is 6.07 Å². The molecule has 3 N–H and O–H groups in total. The average Bonchev–Trinajstić information content (AvgIpc) is 3.16. The Balaban J connectivity index is 1.73. The number of benzene rings is 2. The van der Waals surface area contributed by atoms with Gasteiger partial charge in [0.25, 0.3) is 0 Å². The van der Waals surface area contributed by atoms with E-state index < -0.39 is 6.29 Å². The van der Waals surface area contributed by atoms with E-state index in [1.807, 2.05) is 4.90 Å². The molecule has 0 bridgehead atoms. The molecule has 2 aromatic rings. The van der Waals surface area contributed by atoms with Crippen LogP contribution in [0.2, 0.25) is 0 Å². The molecular formula is C21H25FN6. The summed E-state index contributed by atoms with van der Waals surface area (Å²) < 4.78 is 13.5. The van der Waals surface area contributed by atoms with Crippen molar-refractivity contribution in [3.05, 3.63) is 59.4 Å². The zero-order valence-corrected chi connectivity index (χ0v) is 16.2. The van der Waals surface area contributed by atoms with E-state index in [0.29, 0.717) is 0 Å². The number of guanidine groups is 2. The van der Waals surface area contributed by atoms with Crippen molar-refractivity contribution in [2.45, 2.75) is 33.0 Å². The highest BCUT2D eigenvalue weighted by atomic mass is 19.1. The molecule has 0 radical (unpaired) electrons. The van der Waals surface area contributed by atoms with Crippen LogP contribution in [0.25, 0.3) is 0 Å². The smallest absolute Gasteiger partial charge is 0.222 e. The van der Waals surface area contributed by atoms with E-state index in [2.05, 4.69) is 52.2 Å². The lowest BCUT2D eigenvalue weighted by molar-refractivity contribution is 0.497. The molecule has 6 nitrogen and oxygen atoms in total. The maximum atomic E-state index is 13.5. The van der Waals surface area contributed by atoms with Crippen molar-refractivity contribution in [2.24, 2.45) is 15.7 Å². The molecule has 146 valence electrons. The van der Waals surface area contributed by atoms with E-state index in [4.69, 9.17) is 5.73 Å². The fourth-order valence-corrected chi connectivity index (χ4v) is 3.78. The normalized spacial score (nSPS) is 19.5. The van der Waals surface area contributed by atoms with Crippen LogP contribution >= 0.6 is 0 Å². The molecule has 0 aromatic heterocycles. The Kier molecular flexibility index (Phi) is 4.90. The number of nitrogens with one attached hydrogen (secondary N) is 1. The largest absolute Gasteiger partial charge is 0.368 e. The molecule has 2 aliphatic heterocycles. The van der Waals surface area contributed by atoms with Crippen molar-refractivity contribution in [1.29, 1.82) is 0 Å². The van der Waals surface area contributed by atoms with Crippen molar-refractivity contribution < 1.29 is 4.39 Å². The van der Waals surface area contributed by atoms with E-state index in [0.717, 1.165) is 54.4 Å². The summed E-state index contributed by atoms with van der Waals surface area (Å²) in [7, 11) is 0. The Morgan fingerprint density at radius 2 is 1.68 bits per heavy atom. The Morgan fingerprint density at radius 1 is 1.04 bits per heavy atom. The summed E-state index contributed by atoms with van der Waals surface area (Å²) in [6.07, 6.45) is 1.75. The third-order valence-electron chi connectivity index (χ3n) is 4.94. The zero-order valence-electron chi connectivity index (χ0n) is 16.2. The highest BCUT2D eigenvalue weighted by Gasteiger charge is 2.32. The maximum Gasteiger partial charge on any atom is 0.222 e. The summed E-state index contributed by atoms with van der Waals surface area (Å²) in [5.41, 5.74) is 10.2. The van der Waals surface area contributed by atoms with Gasteiger partial charge in [0.05, 0.1) is 0 Å². The van der Waals surface area contributed by atoms with Gasteiger partial charge in [0.2, 0.25) is 18.2 Å². The van der Waals surface area contributed by atoms with Crippen LogP contribution in [0.5, 0.6) is 0 Å². The van der Waals surface area contributed by atoms with Gasteiger partial charge in [-0.05, 0) is 74.2 Å². The fourth-order valence-electron chi connectivity index (χ4n) is 3.78. The van der Waals surface area contributed by atoms with E-state index in [9.17, 15) is 4.39 Å². The molecule has 1 atom stereocenters. The van der Waals surface area contributed by atoms with Gasteiger partial charge in [-0.3, -0.25) is 4.90 Å². The van der Waals surface area contributed by atoms with Crippen LogP contribution in [0, 0.1) is 19.7 Å². The molecule has 1 unspecified atom stereocenters. The van der Waals surface area contributed by atoms with Crippen LogP contribution in [-0.4, -0.2) is 36.2 Å². The van der Waals surface area contributed by atoms with Crippen molar-refractivity contribution >= 4 is 23.3 Å². The number of aliphatic imine (C=N–C) groups is 2. The number of anilines is 2. The minimum absolute atomic E-state index is 0.238. The summed E-state index contributed by atoms with van der Waals surface area (Å²) in [5, 5.41) is 3.47. The molecule has 1 saturated heterocycles. The minimum Gasteiger partial charge on any atom is -0.368 e. The van der Waals surface area contributed by atoms with Gasteiger partial charge in [0, 0.05) is 24.5 Å². The van der Waals surface area contributed by atoms with Crippen LogP contribution in [0.15, 0.2) is 52.4 Å². The van der Waals surface area contributed by atoms with Crippen molar-refractivity contribution in [3.63, 3.8) is 0 Å². The van der Waals surface area contributed by atoms with E-state index in [1.165, 1.54) is 12.1 Å². The minimum atomic E-state index is -0.472. The van der Waals surface area contributed by atoms with Gasteiger partial charge in [0.1, 0.15) is 5.82 Å². The van der Waals surface area contributed by atoms with Gasteiger partial charge in [-0.15, -0.1) is 0 Å². The third-order valence-corrected chi connectivity index (χ3v) is 4.94. The van der Waals surface area contributed by atoms with E-state index in [-0.39, 0.29) is 11.8 Å². The molecule has 0 aliphatic carbocycles. The predicted molar refractivity (Wildman–Crippen MR) is 112 cm³/mol. The van der Waals surface area contributed by atoms with Crippen LogP contribution in [0.3, 0.4) is 0 Å². The zero-order chi connectivity index (χ0) is 19.7. The number of nitrogens with two attached hydrogens (primary N) is 1. The summed E-state index contributed by atoms with van der Waals surface area (Å²) in [4.78, 5) is 13.3. The summed E-state index contributed by atoms with van der Waals surface area (Å²) >= 11 is 0. The fraction of sp³-hybridized carbons (Fsp3) is 0.333. The molecule has 0 spiro atoms. The van der Waals surface area contributed by atoms with Crippen molar-refractivity contribution in [3.8, 4) is 0 Å². The maximum absolute atomic E-state index is 13.5. The summed E-state index contributed by atoms with van der Waals surface area (Å²) in [6.45, 7) is 5.96. The van der Waals surface area contributed by atoms with Crippen LogP contribution in [-0.2, 0) is 0 Å². The lowest BCUT2D eigenvalue weighted by Crippen LogP contribution is -2.54. The first-order valence-corrected chi connectivity index (χ1v) is 9.56. The molecule has 4 rings (SSSR count). The standard InChI is InChI=1S/C21H25FN6/c1-14-11-15(2)13-17(12-14)24-20-25-19(23)26-21(27-9-3-4-10-27)28(20)18-7-5-16(22)6-8-18/h5-8,11-13,20,24H,3-4,9-10H2,1-2H3,(H2,23,25). The first kappa shape index (κ1) is 18.3. The molecule has 0 amide bonds. The Morgan fingerprint density at radius 3 is 2.32 bits per heavy atom. The quantitative estimate of drug-likeness (QED) is 0.856. The number of nitrogens with zero attached hydrogens (tertiary/aromatic N) is 4. The van der Waals surface area contributed by atoms with Crippen LogP contribution in [0.1, 0.15) is 24.0 Å². The SMILES string of the molecule is Cc1cc(C)cc(NC2N=C(N)N=C(N3CCCC3)N2c2ccc(F)cc2)c1. The van der Waals surface area contributed by atoms with Gasteiger partial charge in [0.15, 0.2) is 0 Å². The Bertz CT molecular complexity index is 895. The molecule has 2 aromatic carbocycles. The second-order valence-electron chi connectivity index (χ2n) is 7.33. The monoisotopic (exact) mass is 380 g/mol. The first-order chi connectivity index (χ1) is 13.5. The number of hydrogen-bond donors (Lipinski definition) is 2. The van der Waals surface area contributed by atoms with Crippen molar-refractivity contribution in [1.82, 2.24) is 4.90 Å². The lowest BCUT2D eigenvalue weighted by atomic mass is 10.1. The number of rotatable bonds is 3. The van der Waals surface area contributed by atoms with E-state index in [1.54, 1.807) is 12.1 Å². The number of hydrogen-bond acceptors (Lipinski definition) is 6. The van der Waals surface area contributed by atoms with Crippen LogP contribution < -0.4 is 16.0 Å². The molecule has 0 saturated carbocycles. The Hall–Kier alpha value is -3.09. The van der Waals surface area contributed by atoms with Gasteiger partial charge < -0.3 is 16.0 Å². The third kappa shape index (κ3) is 3.78. The topological polar surface area (TPSA) is 69.2 Å². The van der Waals surface area contributed by atoms with E-state index >= 15 is 0 Å². The summed E-state index contributed by atoms with van der Waals surface area (Å²) in [5.74, 6) is 0.711. The average molecular weight is 380 g/mol. The van der Waals surface area contributed by atoms with Crippen LogP contribution in [0.4, 0.5) is 15.8 Å². The molecule has 1 fully saturated rings. The number of likely N-dealkylation sites (tertiary alicyclic amines) is 1. The second kappa shape index (κ2) is 7.50. The van der Waals surface area contributed by atoms with Gasteiger partial charge >= 0.3 is 0 Å². The summed E-state index contributed by atoms with van der Waals surface area (Å²) in [6, 6.07) is 12.7.